The van der Waals surface area contributed by atoms with Gasteiger partial charge in [0.1, 0.15) is 5.78 Å². The van der Waals surface area contributed by atoms with E-state index in [2.05, 4.69) is 20.7 Å². The second-order valence-corrected chi connectivity index (χ2v) is 12.6. The number of alkyl halides is 3. The molecule has 4 rings (SSSR count). The van der Waals surface area contributed by atoms with Gasteiger partial charge in [0, 0.05) is 48.7 Å². The van der Waals surface area contributed by atoms with Crippen LogP contribution in [0.5, 0.6) is 0 Å². The normalized spacial score (nSPS) is 13.4. The van der Waals surface area contributed by atoms with Crippen molar-refractivity contribution in [3.8, 4) is 0 Å². The van der Waals surface area contributed by atoms with Gasteiger partial charge in [0.2, 0.25) is 0 Å². The molecule has 1 saturated heterocycles. The number of nitrogens with zero attached hydrogens (tertiary/aromatic N) is 2. The number of piperidine rings is 1. The summed E-state index contributed by atoms with van der Waals surface area (Å²) in [7, 11) is 0. The molecule has 3 N–H and O–H groups in total. The maximum atomic E-state index is 13.4. The number of nitrogens with one attached hydrogen (secondary N) is 2. The Morgan fingerprint density at radius 3 is 2.44 bits per heavy atom. The molecule has 0 aliphatic carbocycles. The van der Waals surface area contributed by atoms with E-state index in [1.807, 2.05) is 12.1 Å². The largest absolute Gasteiger partial charge is 0.481 e. The van der Waals surface area contributed by atoms with Crippen LogP contribution in [0.2, 0.25) is 5.02 Å². The minimum absolute atomic E-state index is 0.00205. The number of carbonyl (C=O) groups excluding carboxylic acids is 3. The number of anilines is 2. The Kier molecular flexibility index (Phi) is 13.0. The first kappa shape index (κ1) is 36.5. The number of hydrogen-bond donors (Lipinski definition) is 3. The number of ketones is 1. The molecule has 1 heterocycles. The maximum Gasteiger partial charge on any atom is 0.417 e. The standard InChI is InChI=1S/C34H34ClF3N4O5S/c35-29-10-7-22(18-28(29)34(36,37)38)20-39-41-33(47)27-19-25(42-14-2-1-3-15-42)8-11-30(27)40-32(46)24-6-4-5-23(17-24)21-48-16-13-26(43)9-12-31(44)45/h4-8,10-11,17-20H,1-3,9,12-16,21H2,(H,40,46)(H,41,47)(H,44,45)/b39-20+. The smallest absolute Gasteiger partial charge is 0.417 e. The van der Waals surface area contributed by atoms with Gasteiger partial charge < -0.3 is 15.3 Å². The van der Waals surface area contributed by atoms with Crippen molar-refractivity contribution >= 4 is 64.5 Å². The van der Waals surface area contributed by atoms with Crippen LogP contribution >= 0.6 is 23.4 Å². The summed E-state index contributed by atoms with van der Waals surface area (Å²) in [6, 6.07) is 15.3. The van der Waals surface area contributed by atoms with Gasteiger partial charge in [-0.25, -0.2) is 5.43 Å². The quantitative estimate of drug-likeness (QED) is 0.0906. The number of carboxylic acids is 1. The van der Waals surface area contributed by atoms with Crippen LogP contribution in [0, 0.1) is 0 Å². The van der Waals surface area contributed by atoms with Gasteiger partial charge in [-0.15, -0.1) is 0 Å². The van der Waals surface area contributed by atoms with E-state index in [4.69, 9.17) is 16.7 Å². The van der Waals surface area contributed by atoms with Gasteiger partial charge in [0.15, 0.2) is 0 Å². The SMILES string of the molecule is O=C(O)CCC(=O)CCSCc1cccc(C(=O)Nc2ccc(N3CCCCC3)cc2C(=O)N/N=C/c2ccc(Cl)c(C(F)(F)F)c2)c1. The Bertz CT molecular complexity index is 1680. The Hall–Kier alpha value is -4.36. The molecule has 0 saturated carbocycles. The van der Waals surface area contributed by atoms with E-state index >= 15 is 0 Å². The number of benzene rings is 3. The molecule has 3 aromatic rings. The molecular weight excluding hydrogens is 669 g/mol. The summed E-state index contributed by atoms with van der Waals surface area (Å²) >= 11 is 7.18. The van der Waals surface area contributed by atoms with Crippen molar-refractivity contribution < 1.29 is 37.5 Å². The lowest BCUT2D eigenvalue weighted by molar-refractivity contribution is -0.138. The summed E-state index contributed by atoms with van der Waals surface area (Å²) in [5.41, 5.74) is 3.72. The summed E-state index contributed by atoms with van der Waals surface area (Å²) in [5.74, 6) is -1.22. The lowest BCUT2D eigenvalue weighted by atomic mass is 10.1. The van der Waals surface area contributed by atoms with Gasteiger partial charge >= 0.3 is 12.1 Å². The number of halogens is 4. The van der Waals surface area contributed by atoms with Crippen molar-refractivity contribution in [1.82, 2.24) is 5.43 Å². The highest BCUT2D eigenvalue weighted by molar-refractivity contribution is 7.98. The summed E-state index contributed by atoms with van der Waals surface area (Å²) in [5, 5.41) is 14.9. The van der Waals surface area contributed by atoms with E-state index in [1.54, 1.807) is 30.3 Å². The number of aliphatic carboxylic acids is 1. The molecule has 0 aromatic heterocycles. The Morgan fingerprint density at radius 1 is 0.938 bits per heavy atom. The number of hydrogen-bond acceptors (Lipinski definition) is 7. The first-order chi connectivity index (χ1) is 22.9. The molecule has 1 aliphatic rings. The maximum absolute atomic E-state index is 13.4. The predicted octanol–water partition coefficient (Wildman–Crippen LogP) is 7.42. The van der Waals surface area contributed by atoms with Gasteiger partial charge in [-0.2, -0.15) is 30.0 Å². The fourth-order valence-electron chi connectivity index (χ4n) is 4.99. The molecule has 0 spiro atoms. The first-order valence-electron chi connectivity index (χ1n) is 15.2. The van der Waals surface area contributed by atoms with Crippen LogP contribution in [0.25, 0.3) is 0 Å². The zero-order valence-corrected chi connectivity index (χ0v) is 27.4. The number of carboxylic acid groups (broad SMARTS) is 1. The highest BCUT2D eigenvalue weighted by atomic mass is 35.5. The summed E-state index contributed by atoms with van der Waals surface area (Å²) < 4.78 is 39.8. The second kappa shape index (κ2) is 17.2. The highest BCUT2D eigenvalue weighted by Gasteiger charge is 2.33. The molecular formula is C34H34ClF3N4O5S. The van der Waals surface area contributed by atoms with Crippen molar-refractivity contribution in [2.24, 2.45) is 5.10 Å². The van der Waals surface area contributed by atoms with Crippen molar-refractivity contribution in [2.75, 3.05) is 29.1 Å². The number of amides is 2. The molecule has 2 amide bonds. The monoisotopic (exact) mass is 702 g/mol. The molecule has 3 aromatic carbocycles. The number of hydrazone groups is 1. The van der Waals surface area contributed by atoms with Crippen molar-refractivity contribution in [3.05, 3.63) is 93.5 Å². The lowest BCUT2D eigenvalue weighted by Gasteiger charge is -2.29. The molecule has 254 valence electrons. The zero-order chi connectivity index (χ0) is 34.7. The molecule has 0 bridgehead atoms. The molecule has 1 aliphatic heterocycles. The molecule has 0 unspecified atom stereocenters. The Labute approximate surface area is 284 Å². The van der Waals surface area contributed by atoms with Crippen LogP contribution in [0.4, 0.5) is 24.5 Å². The Balaban J connectivity index is 1.46. The summed E-state index contributed by atoms with van der Waals surface area (Å²) in [6.07, 6.45) is -0.399. The van der Waals surface area contributed by atoms with Crippen molar-refractivity contribution in [1.29, 1.82) is 0 Å². The fourth-order valence-corrected chi connectivity index (χ4v) is 6.14. The lowest BCUT2D eigenvalue weighted by Crippen LogP contribution is -2.30. The number of carbonyl (C=O) groups is 4. The Morgan fingerprint density at radius 2 is 1.71 bits per heavy atom. The van der Waals surface area contributed by atoms with Crippen molar-refractivity contribution in [2.45, 2.75) is 50.5 Å². The second-order valence-electron chi connectivity index (χ2n) is 11.1. The average Bonchev–Trinajstić information content (AvgIpc) is 3.06. The van der Waals surface area contributed by atoms with Gasteiger partial charge in [-0.3, -0.25) is 19.2 Å². The molecule has 48 heavy (non-hydrogen) atoms. The van der Waals surface area contributed by atoms with Gasteiger partial charge in [-0.05, 0) is 72.9 Å². The third kappa shape index (κ3) is 10.8. The highest BCUT2D eigenvalue weighted by Crippen LogP contribution is 2.35. The third-order valence-corrected chi connectivity index (χ3v) is 8.85. The summed E-state index contributed by atoms with van der Waals surface area (Å²) in [6.45, 7) is 1.62. The van der Waals surface area contributed by atoms with Crippen molar-refractivity contribution in [3.63, 3.8) is 0 Å². The van der Waals surface area contributed by atoms with Crippen LogP contribution < -0.4 is 15.6 Å². The molecule has 14 heteroatoms. The number of Topliss-reactive ketones (excluding diaryl/α,β-unsaturated/α-hetero) is 1. The first-order valence-corrected chi connectivity index (χ1v) is 16.7. The number of rotatable bonds is 14. The fraction of sp³-hybridized carbons (Fsp3) is 0.324. The third-order valence-electron chi connectivity index (χ3n) is 7.49. The van der Waals surface area contributed by atoms with Gasteiger partial charge in [0.25, 0.3) is 11.8 Å². The molecule has 1 fully saturated rings. The van der Waals surface area contributed by atoms with Crippen LogP contribution in [-0.2, 0) is 21.5 Å². The molecule has 0 radical (unpaired) electrons. The summed E-state index contributed by atoms with van der Waals surface area (Å²) in [4.78, 5) is 51.3. The average molecular weight is 703 g/mol. The van der Waals surface area contributed by atoms with E-state index in [0.29, 0.717) is 17.1 Å². The van der Waals surface area contributed by atoms with E-state index < -0.39 is 34.5 Å². The minimum Gasteiger partial charge on any atom is -0.481 e. The number of thioether (sulfide) groups is 1. The van der Waals surface area contributed by atoms with Gasteiger partial charge in [0.05, 0.1) is 34.5 Å². The van der Waals surface area contributed by atoms with E-state index in [1.165, 1.54) is 17.8 Å². The van der Waals surface area contributed by atoms with Crippen LogP contribution in [-0.4, -0.2) is 53.7 Å². The molecule has 0 atom stereocenters. The van der Waals surface area contributed by atoms with Crippen LogP contribution in [0.1, 0.15) is 75.9 Å². The van der Waals surface area contributed by atoms with Gasteiger partial charge in [-0.1, -0.05) is 29.8 Å². The minimum atomic E-state index is -4.66. The van der Waals surface area contributed by atoms with E-state index in [-0.39, 0.29) is 41.9 Å². The van der Waals surface area contributed by atoms with Crippen LogP contribution in [0.15, 0.2) is 65.8 Å². The van der Waals surface area contributed by atoms with E-state index in [0.717, 1.165) is 62.0 Å². The molecule has 9 nitrogen and oxygen atoms in total. The zero-order valence-electron chi connectivity index (χ0n) is 25.8. The van der Waals surface area contributed by atoms with E-state index in [9.17, 15) is 32.3 Å². The topological polar surface area (TPSA) is 128 Å². The predicted molar refractivity (Wildman–Crippen MR) is 181 cm³/mol. The van der Waals surface area contributed by atoms with Crippen LogP contribution in [0.3, 0.4) is 0 Å².